The Morgan fingerprint density at radius 1 is 1.15 bits per heavy atom. The molecule has 0 fully saturated rings. The minimum absolute atomic E-state index is 0.0328. The monoisotopic (exact) mass is 269 g/mol. The van der Waals surface area contributed by atoms with Crippen LogP contribution in [0.3, 0.4) is 0 Å². The van der Waals surface area contributed by atoms with E-state index in [1.807, 2.05) is 6.07 Å². The van der Waals surface area contributed by atoms with Gasteiger partial charge in [0.05, 0.1) is 6.33 Å². The second kappa shape index (κ2) is 4.54. The number of H-pyrrole nitrogens is 1. The smallest absolute Gasteiger partial charge is 0.277 e. The van der Waals surface area contributed by atoms with Crippen molar-refractivity contribution in [3.8, 4) is 11.6 Å². The number of ether oxygens (including phenoxy) is 1. The third kappa shape index (κ3) is 1.91. The Kier molecular flexibility index (Phi) is 2.72. The Hall–Kier alpha value is -3.09. The molecule has 3 rings (SSSR count). The van der Waals surface area contributed by atoms with Crippen molar-refractivity contribution in [2.45, 2.75) is 0 Å². The first-order valence-electron chi connectivity index (χ1n) is 5.81. The van der Waals surface area contributed by atoms with Crippen LogP contribution in [-0.4, -0.2) is 15.0 Å². The summed E-state index contributed by atoms with van der Waals surface area (Å²) < 4.78 is 5.58. The van der Waals surface area contributed by atoms with Crippen molar-refractivity contribution >= 4 is 22.3 Å². The quantitative estimate of drug-likeness (QED) is 0.602. The number of nitrogen functional groups attached to an aromatic ring is 2. The maximum absolute atomic E-state index is 11.4. The number of rotatable bonds is 2. The van der Waals surface area contributed by atoms with Crippen molar-refractivity contribution < 1.29 is 4.74 Å². The molecule has 0 amide bonds. The second-order valence-electron chi connectivity index (χ2n) is 4.11. The number of hydrogen-bond acceptors (Lipinski definition) is 6. The maximum atomic E-state index is 11.4. The number of pyridine rings is 1. The van der Waals surface area contributed by atoms with Crippen LogP contribution in [0.4, 0.5) is 11.4 Å². The SMILES string of the molecule is Nc1c(Oc2ccc(N)c3cccnc23)nc[nH]c1=O. The van der Waals surface area contributed by atoms with Gasteiger partial charge in [-0.3, -0.25) is 9.78 Å². The molecule has 20 heavy (non-hydrogen) atoms. The summed E-state index contributed by atoms with van der Waals surface area (Å²) in [6.45, 7) is 0. The maximum Gasteiger partial charge on any atom is 0.277 e. The first-order valence-corrected chi connectivity index (χ1v) is 5.81. The lowest BCUT2D eigenvalue weighted by atomic mass is 10.2. The zero-order valence-corrected chi connectivity index (χ0v) is 10.3. The average Bonchev–Trinajstić information content (AvgIpc) is 2.47. The first kappa shape index (κ1) is 12.0. The van der Waals surface area contributed by atoms with Gasteiger partial charge in [-0.2, -0.15) is 0 Å². The topological polar surface area (TPSA) is 120 Å². The van der Waals surface area contributed by atoms with Gasteiger partial charge in [-0.1, -0.05) is 0 Å². The van der Waals surface area contributed by atoms with E-state index in [-0.39, 0.29) is 11.6 Å². The Balaban J connectivity index is 2.14. The Morgan fingerprint density at radius 2 is 2.00 bits per heavy atom. The predicted octanol–water partition coefficient (Wildman–Crippen LogP) is 1.27. The Labute approximate surface area is 113 Å². The number of fused-ring (bicyclic) bond motifs is 1. The van der Waals surface area contributed by atoms with E-state index in [0.717, 1.165) is 5.39 Å². The Bertz CT molecular complexity index is 844. The highest BCUT2D eigenvalue weighted by atomic mass is 16.5. The first-order chi connectivity index (χ1) is 9.66. The van der Waals surface area contributed by atoms with Gasteiger partial charge in [-0.05, 0) is 24.3 Å². The molecule has 7 nitrogen and oxygen atoms in total. The molecule has 5 N–H and O–H groups in total. The van der Waals surface area contributed by atoms with Crippen LogP contribution in [0.15, 0.2) is 41.6 Å². The zero-order chi connectivity index (χ0) is 14.1. The number of benzene rings is 1. The number of nitrogens with two attached hydrogens (primary N) is 2. The van der Waals surface area contributed by atoms with Crippen molar-refractivity contribution in [3.05, 3.63) is 47.1 Å². The van der Waals surface area contributed by atoms with Crippen molar-refractivity contribution in [3.63, 3.8) is 0 Å². The van der Waals surface area contributed by atoms with Crippen molar-refractivity contribution in [2.24, 2.45) is 0 Å². The van der Waals surface area contributed by atoms with E-state index >= 15 is 0 Å². The third-order valence-electron chi connectivity index (χ3n) is 2.83. The fourth-order valence-electron chi connectivity index (χ4n) is 1.83. The average molecular weight is 269 g/mol. The number of anilines is 2. The largest absolute Gasteiger partial charge is 0.435 e. The van der Waals surface area contributed by atoms with Crippen molar-refractivity contribution in [2.75, 3.05) is 11.5 Å². The molecule has 100 valence electrons. The summed E-state index contributed by atoms with van der Waals surface area (Å²) in [6, 6.07) is 6.97. The van der Waals surface area contributed by atoms with Crippen LogP contribution < -0.4 is 21.8 Å². The van der Waals surface area contributed by atoms with E-state index in [2.05, 4.69) is 15.0 Å². The van der Waals surface area contributed by atoms with Crippen molar-refractivity contribution in [1.29, 1.82) is 0 Å². The minimum atomic E-state index is -0.456. The van der Waals surface area contributed by atoms with Gasteiger partial charge in [-0.15, -0.1) is 0 Å². The summed E-state index contributed by atoms with van der Waals surface area (Å²) in [5.41, 5.74) is 12.1. The van der Waals surface area contributed by atoms with Crippen LogP contribution in [0.1, 0.15) is 0 Å². The van der Waals surface area contributed by atoms with Crippen LogP contribution in [0.5, 0.6) is 11.6 Å². The van der Waals surface area contributed by atoms with Crippen molar-refractivity contribution in [1.82, 2.24) is 15.0 Å². The minimum Gasteiger partial charge on any atom is -0.435 e. The molecule has 3 aromatic rings. The lowest BCUT2D eigenvalue weighted by Crippen LogP contribution is -2.13. The zero-order valence-electron chi connectivity index (χ0n) is 10.3. The molecule has 1 aromatic carbocycles. The summed E-state index contributed by atoms with van der Waals surface area (Å²) in [7, 11) is 0. The van der Waals surface area contributed by atoms with Gasteiger partial charge in [0, 0.05) is 17.3 Å². The molecule has 2 aromatic heterocycles. The number of aromatic nitrogens is 3. The summed E-state index contributed by atoms with van der Waals surface area (Å²) >= 11 is 0. The summed E-state index contributed by atoms with van der Waals surface area (Å²) in [5.74, 6) is 0.463. The van der Waals surface area contributed by atoms with Gasteiger partial charge in [0.25, 0.3) is 5.56 Å². The third-order valence-corrected chi connectivity index (χ3v) is 2.83. The van der Waals surface area contributed by atoms with Gasteiger partial charge in [0.2, 0.25) is 5.88 Å². The molecule has 2 heterocycles. The fraction of sp³-hybridized carbons (Fsp3) is 0. The predicted molar refractivity (Wildman–Crippen MR) is 75.5 cm³/mol. The molecule has 0 spiro atoms. The number of nitrogens with zero attached hydrogens (tertiary/aromatic N) is 2. The van der Waals surface area contributed by atoms with Crippen LogP contribution >= 0.6 is 0 Å². The molecule has 0 aliphatic carbocycles. The van der Waals surface area contributed by atoms with E-state index < -0.39 is 5.56 Å². The fourth-order valence-corrected chi connectivity index (χ4v) is 1.83. The van der Waals surface area contributed by atoms with E-state index in [4.69, 9.17) is 16.2 Å². The molecular weight excluding hydrogens is 258 g/mol. The molecule has 0 aliphatic heterocycles. The van der Waals surface area contributed by atoms with Crippen LogP contribution in [0, 0.1) is 0 Å². The van der Waals surface area contributed by atoms with E-state index in [9.17, 15) is 4.79 Å². The second-order valence-corrected chi connectivity index (χ2v) is 4.11. The van der Waals surface area contributed by atoms with Gasteiger partial charge >= 0.3 is 0 Å². The molecule has 0 aliphatic rings. The number of hydrogen-bond donors (Lipinski definition) is 3. The van der Waals surface area contributed by atoms with Gasteiger partial charge < -0.3 is 21.2 Å². The van der Waals surface area contributed by atoms with Crippen LogP contribution in [0.2, 0.25) is 0 Å². The molecule has 0 atom stereocenters. The standard InChI is InChI=1S/C13H11N5O2/c14-8-3-4-9(11-7(8)2-1-5-16-11)20-13-10(15)12(19)17-6-18-13/h1-6H,14-15H2,(H,17,18,19). The van der Waals surface area contributed by atoms with Gasteiger partial charge in [0.1, 0.15) is 5.52 Å². The molecular formula is C13H11N5O2. The van der Waals surface area contributed by atoms with Crippen LogP contribution in [0.25, 0.3) is 10.9 Å². The van der Waals surface area contributed by atoms with Gasteiger partial charge in [-0.25, -0.2) is 4.98 Å². The highest BCUT2D eigenvalue weighted by Gasteiger charge is 2.11. The number of aromatic amines is 1. The number of nitrogens with one attached hydrogen (secondary N) is 1. The van der Waals surface area contributed by atoms with E-state index in [0.29, 0.717) is 17.0 Å². The van der Waals surface area contributed by atoms with E-state index in [1.54, 1.807) is 24.4 Å². The molecule has 0 radical (unpaired) electrons. The molecule has 0 unspecified atom stereocenters. The van der Waals surface area contributed by atoms with E-state index in [1.165, 1.54) is 6.33 Å². The molecule has 7 heteroatoms. The normalized spacial score (nSPS) is 10.6. The highest BCUT2D eigenvalue weighted by molar-refractivity contribution is 5.94. The summed E-state index contributed by atoms with van der Waals surface area (Å²) in [6.07, 6.45) is 2.85. The van der Waals surface area contributed by atoms with Crippen LogP contribution in [-0.2, 0) is 0 Å². The lowest BCUT2D eigenvalue weighted by molar-refractivity contribution is 0.467. The lowest BCUT2D eigenvalue weighted by Gasteiger charge is -2.09. The summed E-state index contributed by atoms with van der Waals surface area (Å²) in [4.78, 5) is 21.9. The Morgan fingerprint density at radius 3 is 2.85 bits per heavy atom. The van der Waals surface area contributed by atoms with Gasteiger partial charge in [0.15, 0.2) is 11.4 Å². The molecule has 0 saturated heterocycles. The highest BCUT2D eigenvalue weighted by Crippen LogP contribution is 2.31. The summed E-state index contributed by atoms with van der Waals surface area (Å²) in [5, 5.41) is 0.758. The molecule has 0 bridgehead atoms. The molecule has 0 saturated carbocycles.